The highest BCUT2D eigenvalue weighted by molar-refractivity contribution is 5.28. The Morgan fingerprint density at radius 3 is 1.79 bits per heavy atom. The zero-order valence-corrected chi connectivity index (χ0v) is 11.9. The number of rotatable bonds is 1. The highest BCUT2D eigenvalue weighted by atomic mass is 19.2. The van der Waals surface area contributed by atoms with Gasteiger partial charge in [-0.15, -0.1) is 0 Å². The summed E-state index contributed by atoms with van der Waals surface area (Å²) in [5, 5.41) is 0. The van der Waals surface area contributed by atoms with E-state index in [2.05, 4.69) is 20.8 Å². The Labute approximate surface area is 113 Å². The Hall–Kier alpha value is -0.990. The van der Waals surface area contributed by atoms with Gasteiger partial charge in [0.05, 0.1) is 0 Å². The van der Waals surface area contributed by atoms with Crippen LogP contribution in [0.3, 0.4) is 0 Å². The van der Waals surface area contributed by atoms with Gasteiger partial charge in [0.15, 0.2) is 17.5 Å². The minimum atomic E-state index is -1.38. The van der Waals surface area contributed by atoms with Gasteiger partial charge < -0.3 is 0 Å². The molecule has 1 aliphatic rings. The largest absolute Gasteiger partial charge is 0.204 e. The fraction of sp³-hybridized carbons (Fsp3) is 0.625. The predicted octanol–water partition coefficient (Wildman–Crippen LogP) is 5.06. The van der Waals surface area contributed by atoms with E-state index in [0.717, 1.165) is 25.0 Å². The summed E-state index contributed by atoms with van der Waals surface area (Å²) in [4.78, 5) is 0. The van der Waals surface area contributed by atoms with Crippen molar-refractivity contribution in [2.75, 3.05) is 0 Å². The van der Waals surface area contributed by atoms with Crippen LogP contribution in [-0.2, 0) is 5.41 Å². The van der Waals surface area contributed by atoms with Gasteiger partial charge in [0.2, 0.25) is 0 Å². The lowest BCUT2D eigenvalue weighted by Crippen LogP contribution is -2.37. The van der Waals surface area contributed by atoms with Crippen molar-refractivity contribution in [3.63, 3.8) is 0 Å². The fourth-order valence-corrected chi connectivity index (χ4v) is 3.58. The molecular weight excluding hydrogens is 249 g/mol. The number of hydrogen-bond donors (Lipinski definition) is 0. The Balaban J connectivity index is 2.40. The van der Waals surface area contributed by atoms with Gasteiger partial charge in [0, 0.05) is 0 Å². The molecule has 2 atom stereocenters. The first-order valence-electron chi connectivity index (χ1n) is 6.89. The van der Waals surface area contributed by atoms with Crippen molar-refractivity contribution in [2.45, 2.75) is 46.0 Å². The van der Waals surface area contributed by atoms with Crippen molar-refractivity contribution in [1.29, 1.82) is 0 Å². The fourth-order valence-electron chi connectivity index (χ4n) is 3.58. The molecule has 0 radical (unpaired) electrons. The van der Waals surface area contributed by atoms with E-state index >= 15 is 0 Å². The number of hydrogen-bond acceptors (Lipinski definition) is 0. The highest BCUT2D eigenvalue weighted by Gasteiger charge is 2.39. The smallest absolute Gasteiger partial charge is 0.194 e. The summed E-state index contributed by atoms with van der Waals surface area (Å²) in [5.74, 6) is -1.97. The summed E-state index contributed by atoms with van der Waals surface area (Å²) in [5.41, 5.74) is 0.301. The predicted molar refractivity (Wildman–Crippen MR) is 70.4 cm³/mol. The van der Waals surface area contributed by atoms with Crippen molar-refractivity contribution in [3.05, 3.63) is 35.1 Å². The maximum atomic E-state index is 13.4. The molecule has 19 heavy (non-hydrogen) atoms. The maximum Gasteiger partial charge on any atom is 0.194 e. The third kappa shape index (κ3) is 2.52. The normalized spacial score (nSPS) is 35.4. The Bertz CT molecular complexity index is 446. The van der Waals surface area contributed by atoms with Crippen LogP contribution in [0.15, 0.2) is 12.1 Å². The van der Waals surface area contributed by atoms with E-state index in [-0.39, 0.29) is 5.41 Å². The zero-order chi connectivity index (χ0) is 14.4. The molecule has 0 aromatic heterocycles. The van der Waals surface area contributed by atoms with E-state index in [0.29, 0.717) is 23.3 Å². The van der Waals surface area contributed by atoms with Crippen LogP contribution in [-0.4, -0.2) is 0 Å². The van der Waals surface area contributed by atoms with Crippen LogP contribution >= 0.6 is 0 Å². The summed E-state index contributed by atoms with van der Waals surface area (Å²) in [7, 11) is 0. The Morgan fingerprint density at radius 2 is 1.37 bits per heavy atom. The van der Waals surface area contributed by atoms with Gasteiger partial charge in [0.25, 0.3) is 0 Å². The third-order valence-corrected chi connectivity index (χ3v) is 5.02. The topological polar surface area (TPSA) is 0 Å². The van der Waals surface area contributed by atoms with Gasteiger partial charge in [0.1, 0.15) is 0 Å². The van der Waals surface area contributed by atoms with Crippen LogP contribution in [0.25, 0.3) is 0 Å². The Kier molecular flexibility index (Phi) is 3.67. The van der Waals surface area contributed by atoms with Gasteiger partial charge in [-0.3, -0.25) is 0 Å². The first kappa shape index (κ1) is 14.4. The monoisotopic (exact) mass is 270 g/mol. The summed E-state index contributed by atoms with van der Waals surface area (Å²) in [6.07, 6.45) is 1.76. The van der Waals surface area contributed by atoms with E-state index in [1.165, 1.54) is 0 Å². The van der Waals surface area contributed by atoms with E-state index < -0.39 is 17.5 Å². The minimum Gasteiger partial charge on any atom is -0.204 e. The SMILES string of the molecule is CC1CC(C)(c2cc(F)c(F)c(F)c2)CC(C)C1C. The molecule has 0 aliphatic heterocycles. The van der Waals surface area contributed by atoms with Crippen molar-refractivity contribution in [1.82, 2.24) is 0 Å². The maximum absolute atomic E-state index is 13.4. The average molecular weight is 270 g/mol. The van der Waals surface area contributed by atoms with Crippen LogP contribution in [0.5, 0.6) is 0 Å². The second kappa shape index (κ2) is 4.84. The third-order valence-electron chi connectivity index (χ3n) is 5.02. The molecule has 0 heterocycles. The van der Waals surface area contributed by atoms with Crippen molar-refractivity contribution >= 4 is 0 Å². The molecule has 3 heteroatoms. The van der Waals surface area contributed by atoms with E-state index in [4.69, 9.17) is 0 Å². The average Bonchev–Trinajstić information content (AvgIpc) is 2.32. The van der Waals surface area contributed by atoms with Crippen LogP contribution in [0.1, 0.15) is 46.1 Å². The number of halogens is 3. The molecule has 0 bridgehead atoms. The molecule has 0 nitrogen and oxygen atoms in total. The molecule has 2 rings (SSSR count). The van der Waals surface area contributed by atoms with Crippen molar-refractivity contribution < 1.29 is 13.2 Å². The molecule has 1 aliphatic carbocycles. The molecule has 0 saturated heterocycles. The molecular formula is C16H21F3. The Morgan fingerprint density at radius 1 is 0.947 bits per heavy atom. The van der Waals surface area contributed by atoms with E-state index in [1.807, 2.05) is 6.92 Å². The molecule has 0 N–H and O–H groups in total. The van der Waals surface area contributed by atoms with Crippen LogP contribution in [0.2, 0.25) is 0 Å². The summed E-state index contributed by atoms with van der Waals surface area (Å²) in [6, 6.07) is 2.32. The molecule has 1 aromatic rings. The quantitative estimate of drug-likeness (QED) is 0.625. The molecule has 1 saturated carbocycles. The van der Waals surface area contributed by atoms with Gasteiger partial charge in [-0.1, -0.05) is 27.7 Å². The highest BCUT2D eigenvalue weighted by Crippen LogP contribution is 2.47. The minimum absolute atomic E-state index is 0.277. The molecule has 0 spiro atoms. The van der Waals surface area contributed by atoms with E-state index in [9.17, 15) is 13.2 Å². The van der Waals surface area contributed by atoms with Crippen molar-refractivity contribution in [2.24, 2.45) is 17.8 Å². The second-order valence-electron chi connectivity index (χ2n) is 6.54. The molecule has 2 unspecified atom stereocenters. The van der Waals surface area contributed by atoms with Gasteiger partial charge in [-0.2, -0.15) is 0 Å². The van der Waals surface area contributed by atoms with Gasteiger partial charge in [-0.25, -0.2) is 13.2 Å². The first-order valence-corrected chi connectivity index (χ1v) is 6.89. The lowest BCUT2D eigenvalue weighted by molar-refractivity contribution is 0.123. The summed E-state index contributed by atoms with van der Waals surface area (Å²) < 4.78 is 39.9. The summed E-state index contributed by atoms with van der Waals surface area (Å²) >= 11 is 0. The molecule has 106 valence electrons. The molecule has 0 amide bonds. The first-order chi connectivity index (χ1) is 8.74. The molecule has 1 fully saturated rings. The second-order valence-corrected chi connectivity index (χ2v) is 6.54. The van der Waals surface area contributed by atoms with Crippen LogP contribution in [0, 0.1) is 35.2 Å². The summed E-state index contributed by atoms with van der Waals surface area (Å²) in [6.45, 7) is 8.60. The van der Waals surface area contributed by atoms with E-state index in [1.54, 1.807) is 0 Å². The van der Waals surface area contributed by atoms with Crippen LogP contribution in [0.4, 0.5) is 13.2 Å². The van der Waals surface area contributed by atoms with Gasteiger partial charge >= 0.3 is 0 Å². The van der Waals surface area contributed by atoms with Crippen molar-refractivity contribution in [3.8, 4) is 0 Å². The van der Waals surface area contributed by atoms with Gasteiger partial charge in [-0.05, 0) is 53.7 Å². The molecule has 1 aromatic carbocycles. The number of benzene rings is 1. The lowest BCUT2D eigenvalue weighted by Gasteiger charge is -2.44. The zero-order valence-electron chi connectivity index (χ0n) is 11.9. The lowest BCUT2D eigenvalue weighted by atomic mass is 9.60. The van der Waals surface area contributed by atoms with Crippen LogP contribution < -0.4 is 0 Å². The standard InChI is InChI=1S/C16H21F3/c1-9-7-16(4,8-10(2)11(9)3)12-5-13(17)15(19)14(18)6-12/h5-6,9-11H,7-8H2,1-4H3.